The molecule has 116 valence electrons. The SMILES string of the molecule is CCOC(=O)C(C=CCBr)(C(=O)OC(C)(C)C)C(F)F. The zero-order chi connectivity index (χ0) is 16.0. The van der Waals surface area contributed by atoms with Gasteiger partial charge < -0.3 is 9.47 Å². The smallest absolute Gasteiger partial charge is 0.334 e. The molecule has 0 spiro atoms. The van der Waals surface area contributed by atoms with Gasteiger partial charge in [-0.25, -0.2) is 8.78 Å². The number of allylic oxidation sites excluding steroid dienone is 1. The number of ether oxygens (including phenoxy) is 2. The highest BCUT2D eigenvalue weighted by Gasteiger charge is 2.56. The maximum absolute atomic E-state index is 13.4. The van der Waals surface area contributed by atoms with Crippen LogP contribution in [0.1, 0.15) is 27.7 Å². The Morgan fingerprint density at radius 1 is 1.25 bits per heavy atom. The Morgan fingerprint density at radius 3 is 2.15 bits per heavy atom. The summed E-state index contributed by atoms with van der Waals surface area (Å²) in [5.41, 5.74) is -3.73. The van der Waals surface area contributed by atoms with Crippen molar-refractivity contribution in [2.75, 3.05) is 11.9 Å². The minimum Gasteiger partial charge on any atom is -0.465 e. The Bertz CT molecular complexity index is 377. The van der Waals surface area contributed by atoms with Crippen molar-refractivity contribution in [3.8, 4) is 0 Å². The summed E-state index contributed by atoms with van der Waals surface area (Å²) in [6.45, 7) is 5.94. The maximum atomic E-state index is 13.4. The number of carbonyl (C=O) groups is 2. The van der Waals surface area contributed by atoms with Gasteiger partial charge in [0.15, 0.2) is 0 Å². The van der Waals surface area contributed by atoms with Crippen molar-refractivity contribution in [2.45, 2.75) is 39.7 Å². The van der Waals surface area contributed by atoms with Crippen LogP contribution in [0.2, 0.25) is 0 Å². The monoisotopic (exact) mass is 356 g/mol. The molecule has 0 aliphatic heterocycles. The van der Waals surface area contributed by atoms with Crippen LogP contribution in [0.3, 0.4) is 0 Å². The molecular weight excluding hydrogens is 338 g/mol. The van der Waals surface area contributed by atoms with Crippen LogP contribution in [0.5, 0.6) is 0 Å². The Kier molecular flexibility index (Phi) is 7.33. The lowest BCUT2D eigenvalue weighted by Gasteiger charge is -2.29. The maximum Gasteiger partial charge on any atom is 0.334 e. The minimum absolute atomic E-state index is 0.113. The van der Waals surface area contributed by atoms with Gasteiger partial charge in [0.1, 0.15) is 5.60 Å². The average Bonchev–Trinajstić information content (AvgIpc) is 2.27. The molecule has 0 aromatic heterocycles. The van der Waals surface area contributed by atoms with E-state index in [2.05, 4.69) is 20.7 Å². The summed E-state index contributed by atoms with van der Waals surface area (Å²) < 4.78 is 36.4. The highest BCUT2D eigenvalue weighted by atomic mass is 79.9. The van der Waals surface area contributed by atoms with Gasteiger partial charge in [-0.3, -0.25) is 9.59 Å². The van der Waals surface area contributed by atoms with Gasteiger partial charge in [-0.05, 0) is 27.7 Å². The van der Waals surface area contributed by atoms with Gasteiger partial charge in [0.05, 0.1) is 6.61 Å². The zero-order valence-corrected chi connectivity index (χ0v) is 13.5. The van der Waals surface area contributed by atoms with Crippen molar-refractivity contribution >= 4 is 27.9 Å². The summed E-state index contributed by atoms with van der Waals surface area (Å²) >= 11 is 3.01. The second-order valence-electron chi connectivity index (χ2n) is 4.95. The van der Waals surface area contributed by atoms with E-state index in [0.29, 0.717) is 0 Å². The van der Waals surface area contributed by atoms with E-state index >= 15 is 0 Å². The van der Waals surface area contributed by atoms with Gasteiger partial charge in [0.25, 0.3) is 6.43 Å². The average molecular weight is 357 g/mol. The first-order valence-corrected chi connectivity index (χ1v) is 7.16. The Hall–Kier alpha value is -0.980. The number of carbonyl (C=O) groups excluding carboxylic acids is 2. The van der Waals surface area contributed by atoms with E-state index in [-0.39, 0.29) is 11.9 Å². The van der Waals surface area contributed by atoms with Gasteiger partial charge in [0, 0.05) is 5.33 Å². The molecule has 7 heteroatoms. The fourth-order valence-electron chi connectivity index (χ4n) is 1.31. The third kappa shape index (κ3) is 4.85. The van der Waals surface area contributed by atoms with Crippen molar-refractivity contribution in [1.82, 2.24) is 0 Å². The lowest BCUT2D eigenvalue weighted by atomic mass is 9.87. The molecule has 1 unspecified atom stereocenters. The van der Waals surface area contributed by atoms with Gasteiger partial charge in [0.2, 0.25) is 5.41 Å². The number of rotatable bonds is 6. The van der Waals surface area contributed by atoms with E-state index in [4.69, 9.17) is 4.74 Å². The summed E-state index contributed by atoms with van der Waals surface area (Å²) in [6.07, 6.45) is -1.20. The van der Waals surface area contributed by atoms with E-state index < -0.39 is 29.4 Å². The quantitative estimate of drug-likeness (QED) is 0.317. The standard InChI is InChI=1S/C13H19BrF2O4/c1-5-19-10(17)13(9(15)16,7-6-8-14)11(18)20-12(2,3)4/h6-7,9H,5,8H2,1-4H3. The molecule has 0 heterocycles. The second kappa shape index (κ2) is 7.71. The normalized spacial score (nSPS) is 15.2. The summed E-state index contributed by atoms with van der Waals surface area (Å²) in [5, 5.41) is 0.212. The van der Waals surface area contributed by atoms with Gasteiger partial charge in [-0.15, -0.1) is 0 Å². The molecule has 0 aliphatic rings. The molecule has 20 heavy (non-hydrogen) atoms. The Balaban J connectivity index is 5.68. The van der Waals surface area contributed by atoms with Crippen molar-refractivity contribution in [3.63, 3.8) is 0 Å². The van der Waals surface area contributed by atoms with E-state index in [1.165, 1.54) is 33.8 Å². The van der Waals surface area contributed by atoms with E-state index in [1.54, 1.807) is 0 Å². The lowest BCUT2D eigenvalue weighted by molar-refractivity contribution is -0.185. The number of hydrogen-bond donors (Lipinski definition) is 0. The largest absolute Gasteiger partial charge is 0.465 e. The molecule has 0 rings (SSSR count). The summed E-state index contributed by atoms with van der Waals surface area (Å²) in [6, 6.07) is 0. The predicted octanol–water partition coefficient (Wildman–Crippen LogP) is 3.09. The third-order valence-electron chi connectivity index (χ3n) is 2.16. The number of alkyl halides is 3. The first-order chi connectivity index (χ1) is 9.11. The van der Waals surface area contributed by atoms with Gasteiger partial charge in [-0.1, -0.05) is 28.1 Å². The van der Waals surface area contributed by atoms with Gasteiger partial charge in [-0.2, -0.15) is 0 Å². The third-order valence-corrected chi connectivity index (χ3v) is 2.54. The topological polar surface area (TPSA) is 52.6 Å². The minimum atomic E-state index is -3.27. The molecule has 0 aliphatic carbocycles. The first kappa shape index (κ1) is 19.0. The summed E-state index contributed by atoms with van der Waals surface area (Å²) in [4.78, 5) is 23.9. The van der Waals surface area contributed by atoms with Gasteiger partial charge >= 0.3 is 11.9 Å². The van der Waals surface area contributed by atoms with E-state index in [0.717, 1.165) is 6.08 Å². The van der Waals surface area contributed by atoms with Crippen LogP contribution in [0.25, 0.3) is 0 Å². The number of hydrogen-bond acceptors (Lipinski definition) is 4. The predicted molar refractivity (Wildman–Crippen MR) is 73.8 cm³/mol. The zero-order valence-electron chi connectivity index (χ0n) is 11.9. The van der Waals surface area contributed by atoms with Crippen LogP contribution in [0, 0.1) is 5.41 Å². The van der Waals surface area contributed by atoms with Crippen LogP contribution in [-0.2, 0) is 19.1 Å². The van der Waals surface area contributed by atoms with Crippen LogP contribution in [0.15, 0.2) is 12.2 Å². The van der Waals surface area contributed by atoms with Crippen molar-refractivity contribution in [2.24, 2.45) is 5.41 Å². The van der Waals surface area contributed by atoms with Crippen molar-refractivity contribution in [3.05, 3.63) is 12.2 Å². The second-order valence-corrected chi connectivity index (χ2v) is 5.60. The van der Waals surface area contributed by atoms with Crippen LogP contribution in [0.4, 0.5) is 8.78 Å². The molecule has 1 atom stereocenters. The first-order valence-electron chi connectivity index (χ1n) is 6.04. The molecular formula is C13H19BrF2O4. The van der Waals surface area contributed by atoms with Crippen LogP contribution >= 0.6 is 15.9 Å². The molecule has 0 N–H and O–H groups in total. The Morgan fingerprint density at radius 2 is 1.80 bits per heavy atom. The molecule has 0 saturated heterocycles. The summed E-state index contributed by atoms with van der Waals surface area (Å²) in [7, 11) is 0. The van der Waals surface area contributed by atoms with Crippen LogP contribution < -0.4 is 0 Å². The number of halogens is 3. The van der Waals surface area contributed by atoms with E-state index in [1.807, 2.05) is 0 Å². The molecule has 0 bridgehead atoms. The van der Waals surface area contributed by atoms with Crippen molar-refractivity contribution in [1.29, 1.82) is 0 Å². The fourth-order valence-corrected chi connectivity index (χ4v) is 1.50. The summed E-state index contributed by atoms with van der Waals surface area (Å²) in [5.74, 6) is -2.64. The highest BCUT2D eigenvalue weighted by molar-refractivity contribution is 9.09. The molecule has 0 radical (unpaired) electrons. The molecule has 0 fully saturated rings. The molecule has 0 saturated carbocycles. The highest BCUT2D eigenvalue weighted by Crippen LogP contribution is 2.33. The van der Waals surface area contributed by atoms with Crippen molar-refractivity contribution < 1.29 is 27.8 Å². The molecule has 0 aromatic rings. The molecule has 4 nitrogen and oxygen atoms in total. The molecule has 0 aromatic carbocycles. The fraction of sp³-hybridized carbons (Fsp3) is 0.692. The molecule has 0 amide bonds. The lowest BCUT2D eigenvalue weighted by Crippen LogP contribution is -2.48. The van der Waals surface area contributed by atoms with Crippen LogP contribution in [-0.4, -0.2) is 35.9 Å². The van der Waals surface area contributed by atoms with E-state index in [9.17, 15) is 18.4 Å². The Labute approximate surface area is 125 Å². The number of esters is 2.